The lowest BCUT2D eigenvalue weighted by molar-refractivity contribution is -0.878. The summed E-state index contributed by atoms with van der Waals surface area (Å²) in [5.74, 6) is 0. The summed E-state index contributed by atoms with van der Waals surface area (Å²) in [6.07, 6.45) is 3.87. The van der Waals surface area contributed by atoms with Gasteiger partial charge in [-0.25, -0.2) is 0 Å². The third-order valence-corrected chi connectivity index (χ3v) is 1.25. The van der Waals surface area contributed by atoms with E-state index in [0.717, 1.165) is 17.6 Å². The number of hydrogen-bond donors (Lipinski definition) is 0. The molecule has 1 unspecified atom stereocenters. The molecule has 1 atom stereocenters. The molecule has 0 bridgehead atoms. The van der Waals surface area contributed by atoms with Crippen LogP contribution in [-0.2, 0) is 0 Å². The Kier molecular flexibility index (Phi) is 13.0. The maximum absolute atomic E-state index is 3.68. The van der Waals surface area contributed by atoms with Crippen molar-refractivity contribution in [3.8, 4) is 0 Å². The van der Waals surface area contributed by atoms with Crippen LogP contribution in [0.25, 0.3) is 0 Å². The van der Waals surface area contributed by atoms with E-state index in [2.05, 4.69) is 27.3 Å². The van der Waals surface area contributed by atoms with E-state index in [1.807, 2.05) is 12.2 Å². The minimum absolute atomic E-state index is 0. The van der Waals surface area contributed by atoms with Gasteiger partial charge in [0.1, 0.15) is 0 Å². The Morgan fingerprint density at radius 1 is 1.09 bits per heavy atom. The molecule has 0 spiro atoms. The molecule has 0 aliphatic heterocycles. The molecular formula is C8H19ClNP. The zero-order valence-corrected chi connectivity index (χ0v) is 9.69. The number of likely N-dealkylation sites (N-methyl/N-ethyl adjacent to an activating group) is 1. The largest absolute Gasteiger partial charge is 1.00 e. The molecule has 0 rings (SSSR count). The Morgan fingerprint density at radius 2 is 1.36 bits per heavy atom. The third kappa shape index (κ3) is 10.2. The second kappa shape index (κ2) is 8.26. The van der Waals surface area contributed by atoms with Crippen molar-refractivity contribution in [1.82, 2.24) is 0 Å². The molecule has 0 aromatic carbocycles. The minimum Gasteiger partial charge on any atom is -1.00 e. The molecule has 0 fully saturated rings. The van der Waals surface area contributed by atoms with Gasteiger partial charge in [-0.1, -0.05) is 13.2 Å². The van der Waals surface area contributed by atoms with Crippen LogP contribution in [0.15, 0.2) is 25.3 Å². The summed E-state index contributed by atoms with van der Waals surface area (Å²) in [6.45, 7) is 9.37. The maximum atomic E-state index is 3.68. The second-order valence-electron chi connectivity index (χ2n) is 2.88. The van der Waals surface area contributed by atoms with Crippen LogP contribution in [0.5, 0.6) is 0 Å². The van der Waals surface area contributed by atoms with Crippen molar-refractivity contribution in [2.24, 2.45) is 0 Å². The molecule has 0 saturated carbocycles. The highest BCUT2D eigenvalue weighted by Crippen LogP contribution is 1.95. The van der Waals surface area contributed by atoms with Gasteiger partial charge in [-0.15, -0.1) is 0 Å². The van der Waals surface area contributed by atoms with Gasteiger partial charge in [-0.2, -0.15) is 9.90 Å². The standard InChI is InChI=1S/C8H16N.ClH.H3P/c1-5-7-9(3,4)8-6-2;;/h5-6H,1-2,7-8H2,3-4H3;1H;1H3/q+1;;/p-1. The SMILES string of the molecule is C=CC[N+](C)(C)CC=C.P.[Cl-]. The van der Waals surface area contributed by atoms with Gasteiger partial charge in [-0.05, 0) is 12.2 Å². The van der Waals surface area contributed by atoms with Crippen LogP contribution in [-0.4, -0.2) is 31.7 Å². The van der Waals surface area contributed by atoms with E-state index in [0.29, 0.717) is 0 Å². The first-order valence-electron chi connectivity index (χ1n) is 3.16. The Balaban J connectivity index is -0.000000320. The van der Waals surface area contributed by atoms with E-state index in [1.54, 1.807) is 0 Å². The smallest absolute Gasteiger partial charge is 0.0969 e. The van der Waals surface area contributed by atoms with Crippen molar-refractivity contribution >= 4 is 9.90 Å². The van der Waals surface area contributed by atoms with Crippen LogP contribution < -0.4 is 12.4 Å². The molecule has 68 valence electrons. The van der Waals surface area contributed by atoms with Crippen LogP contribution in [0.4, 0.5) is 0 Å². The predicted molar refractivity (Wildman–Crippen MR) is 53.3 cm³/mol. The number of rotatable bonds is 4. The molecule has 11 heavy (non-hydrogen) atoms. The molecule has 0 aromatic heterocycles. The summed E-state index contributed by atoms with van der Waals surface area (Å²) in [5, 5.41) is 0. The van der Waals surface area contributed by atoms with Gasteiger partial charge in [0.2, 0.25) is 0 Å². The quantitative estimate of drug-likeness (QED) is 0.291. The van der Waals surface area contributed by atoms with Crippen molar-refractivity contribution in [2.45, 2.75) is 0 Å². The Bertz CT molecular complexity index is 101. The van der Waals surface area contributed by atoms with Gasteiger partial charge >= 0.3 is 0 Å². The molecule has 0 radical (unpaired) electrons. The lowest BCUT2D eigenvalue weighted by atomic mass is 10.4. The number of quaternary nitrogens is 1. The number of hydrogen-bond acceptors (Lipinski definition) is 0. The molecule has 0 N–H and O–H groups in total. The predicted octanol–water partition coefficient (Wildman–Crippen LogP) is -1.50. The summed E-state index contributed by atoms with van der Waals surface area (Å²) in [7, 11) is 4.31. The van der Waals surface area contributed by atoms with Crippen LogP contribution in [0.2, 0.25) is 0 Å². The van der Waals surface area contributed by atoms with E-state index in [4.69, 9.17) is 0 Å². The lowest BCUT2D eigenvalue weighted by Crippen LogP contribution is -3.00. The zero-order chi connectivity index (χ0) is 7.33. The van der Waals surface area contributed by atoms with Crippen molar-refractivity contribution < 1.29 is 16.9 Å². The molecule has 3 heteroatoms. The summed E-state index contributed by atoms with van der Waals surface area (Å²) in [4.78, 5) is 0. The zero-order valence-electron chi connectivity index (χ0n) is 7.52. The summed E-state index contributed by atoms with van der Waals surface area (Å²) >= 11 is 0. The molecule has 0 aliphatic rings. The fraction of sp³-hybridized carbons (Fsp3) is 0.500. The third-order valence-electron chi connectivity index (χ3n) is 1.25. The molecule has 0 aromatic rings. The Morgan fingerprint density at radius 3 is 1.55 bits per heavy atom. The van der Waals surface area contributed by atoms with Gasteiger partial charge in [0.25, 0.3) is 0 Å². The first-order chi connectivity index (χ1) is 4.12. The molecule has 0 saturated heterocycles. The van der Waals surface area contributed by atoms with E-state index in [9.17, 15) is 0 Å². The molecule has 0 aliphatic carbocycles. The van der Waals surface area contributed by atoms with E-state index >= 15 is 0 Å². The van der Waals surface area contributed by atoms with Crippen molar-refractivity contribution in [3.63, 3.8) is 0 Å². The second-order valence-corrected chi connectivity index (χ2v) is 2.88. The van der Waals surface area contributed by atoms with Crippen LogP contribution in [0.3, 0.4) is 0 Å². The van der Waals surface area contributed by atoms with E-state index in [1.165, 1.54) is 0 Å². The highest BCUT2D eigenvalue weighted by molar-refractivity contribution is 6.92. The van der Waals surface area contributed by atoms with Crippen LogP contribution in [0, 0.1) is 0 Å². The lowest BCUT2D eigenvalue weighted by Gasteiger charge is -2.26. The van der Waals surface area contributed by atoms with Crippen molar-refractivity contribution in [2.75, 3.05) is 27.2 Å². The fourth-order valence-corrected chi connectivity index (χ4v) is 0.774. The summed E-state index contributed by atoms with van der Waals surface area (Å²) in [6, 6.07) is 0. The van der Waals surface area contributed by atoms with Gasteiger partial charge in [0.05, 0.1) is 27.2 Å². The maximum Gasteiger partial charge on any atom is 0.0969 e. The van der Waals surface area contributed by atoms with Gasteiger partial charge in [0.15, 0.2) is 0 Å². The molecule has 1 nitrogen and oxygen atoms in total. The number of nitrogens with zero attached hydrogens (tertiary/aromatic N) is 1. The van der Waals surface area contributed by atoms with Crippen molar-refractivity contribution in [1.29, 1.82) is 0 Å². The van der Waals surface area contributed by atoms with Crippen LogP contribution in [0.1, 0.15) is 0 Å². The molecule has 0 amide bonds. The normalized spacial score (nSPS) is 8.91. The average Bonchev–Trinajstić information content (AvgIpc) is 1.64. The van der Waals surface area contributed by atoms with Crippen LogP contribution >= 0.6 is 9.90 Å². The molecule has 0 heterocycles. The van der Waals surface area contributed by atoms with Gasteiger partial charge < -0.3 is 16.9 Å². The topological polar surface area (TPSA) is 0 Å². The van der Waals surface area contributed by atoms with E-state index < -0.39 is 0 Å². The number of halogens is 1. The van der Waals surface area contributed by atoms with Gasteiger partial charge in [0, 0.05) is 0 Å². The first-order valence-corrected chi connectivity index (χ1v) is 3.16. The Labute approximate surface area is 79.8 Å². The van der Waals surface area contributed by atoms with E-state index in [-0.39, 0.29) is 22.3 Å². The molecular weight excluding hydrogens is 177 g/mol. The fourth-order valence-electron chi connectivity index (χ4n) is 0.774. The average molecular weight is 196 g/mol. The van der Waals surface area contributed by atoms with Gasteiger partial charge in [-0.3, -0.25) is 0 Å². The minimum atomic E-state index is 0. The first kappa shape index (κ1) is 17.3. The summed E-state index contributed by atoms with van der Waals surface area (Å²) < 4.78 is 0.951. The highest BCUT2D eigenvalue weighted by atomic mass is 35.5. The highest BCUT2D eigenvalue weighted by Gasteiger charge is 2.07. The Hall–Kier alpha value is 0.160. The summed E-state index contributed by atoms with van der Waals surface area (Å²) in [5.41, 5.74) is 0. The van der Waals surface area contributed by atoms with Crippen molar-refractivity contribution in [3.05, 3.63) is 25.3 Å². The monoisotopic (exact) mass is 195 g/mol.